The van der Waals surface area contributed by atoms with Crippen molar-refractivity contribution in [2.24, 2.45) is 0 Å². The lowest BCUT2D eigenvalue weighted by Crippen LogP contribution is -2.27. The van der Waals surface area contributed by atoms with Crippen molar-refractivity contribution in [1.29, 1.82) is 0 Å². The molecule has 1 aromatic heterocycles. The van der Waals surface area contributed by atoms with Crippen LogP contribution in [-0.2, 0) is 24.4 Å². The summed E-state index contributed by atoms with van der Waals surface area (Å²) in [6, 6.07) is 14.8. The van der Waals surface area contributed by atoms with Crippen LogP contribution >= 0.6 is 23.2 Å². The average molecular weight is 403 g/mol. The van der Waals surface area contributed by atoms with Crippen molar-refractivity contribution in [3.05, 3.63) is 81.1 Å². The predicted octanol–water partition coefficient (Wildman–Crippen LogP) is 3.79. The number of hydrogen-bond donors (Lipinski definition) is 1. The molecule has 6 nitrogen and oxygen atoms in total. The Labute approximate surface area is 166 Å². The molecule has 0 aliphatic carbocycles. The number of aromatic nitrogens is 3. The molecule has 27 heavy (non-hydrogen) atoms. The summed E-state index contributed by atoms with van der Waals surface area (Å²) in [5.41, 5.74) is 2.93. The summed E-state index contributed by atoms with van der Waals surface area (Å²) in [6.07, 6.45) is -0.151. The third-order valence-corrected chi connectivity index (χ3v) is 4.92. The molecule has 1 amide bonds. The molecule has 1 aliphatic rings. The van der Waals surface area contributed by atoms with Crippen molar-refractivity contribution in [3.63, 3.8) is 0 Å². The fourth-order valence-electron chi connectivity index (χ4n) is 2.94. The van der Waals surface area contributed by atoms with E-state index >= 15 is 0 Å². The van der Waals surface area contributed by atoms with E-state index in [-0.39, 0.29) is 18.6 Å². The molecule has 0 fully saturated rings. The predicted molar refractivity (Wildman–Crippen MR) is 102 cm³/mol. The quantitative estimate of drug-likeness (QED) is 0.720. The van der Waals surface area contributed by atoms with Crippen LogP contribution in [0.1, 0.15) is 33.4 Å². The lowest BCUT2D eigenvalue weighted by molar-refractivity contribution is -0.00176. The van der Waals surface area contributed by atoms with Crippen LogP contribution in [0.5, 0.6) is 0 Å². The van der Waals surface area contributed by atoms with E-state index in [1.54, 1.807) is 16.8 Å². The first-order valence-corrected chi connectivity index (χ1v) is 9.18. The number of nitrogens with zero attached hydrogens (tertiary/aromatic N) is 3. The maximum absolute atomic E-state index is 12.5. The van der Waals surface area contributed by atoms with Gasteiger partial charge in [-0.15, -0.1) is 5.10 Å². The number of hydrogen-bond acceptors (Lipinski definition) is 4. The van der Waals surface area contributed by atoms with E-state index in [0.29, 0.717) is 34.5 Å². The van der Waals surface area contributed by atoms with Gasteiger partial charge in [0.05, 0.1) is 18.8 Å². The van der Waals surface area contributed by atoms with Gasteiger partial charge in [-0.3, -0.25) is 4.79 Å². The average Bonchev–Trinajstić information content (AvgIpc) is 3.11. The van der Waals surface area contributed by atoms with E-state index in [9.17, 15) is 4.79 Å². The van der Waals surface area contributed by atoms with Gasteiger partial charge < -0.3 is 10.1 Å². The molecule has 8 heteroatoms. The Balaban J connectivity index is 1.43. The Morgan fingerprint density at radius 1 is 1.11 bits per heavy atom. The second-order valence-corrected chi connectivity index (χ2v) is 7.10. The minimum Gasteiger partial charge on any atom is -0.365 e. The molecule has 0 bridgehead atoms. The summed E-state index contributed by atoms with van der Waals surface area (Å²) in [6.45, 7) is 1.15. The molecule has 1 atom stereocenters. The number of rotatable bonds is 4. The number of nitrogens with one attached hydrogen (secondary N) is 1. The SMILES string of the molecule is O=C(NCc1ccc(Cl)cc1)c1nnn2c1COC(c1ccc(Cl)cc1)C2. The number of carbonyl (C=O) groups excluding carboxylic acids is 1. The van der Waals surface area contributed by atoms with Gasteiger partial charge in [0.1, 0.15) is 6.10 Å². The molecular weight excluding hydrogens is 387 g/mol. The normalized spacial score (nSPS) is 16.0. The minimum absolute atomic E-state index is 0.151. The highest BCUT2D eigenvalue weighted by molar-refractivity contribution is 6.30. The first-order chi connectivity index (χ1) is 13.1. The van der Waals surface area contributed by atoms with Crippen molar-refractivity contribution in [2.75, 3.05) is 0 Å². The zero-order chi connectivity index (χ0) is 18.8. The molecule has 2 aromatic carbocycles. The third kappa shape index (κ3) is 3.98. The maximum Gasteiger partial charge on any atom is 0.274 e. The monoisotopic (exact) mass is 402 g/mol. The fourth-order valence-corrected chi connectivity index (χ4v) is 3.19. The van der Waals surface area contributed by atoms with E-state index < -0.39 is 0 Å². The molecule has 0 radical (unpaired) electrons. The van der Waals surface area contributed by atoms with Crippen LogP contribution in [0, 0.1) is 0 Å². The first-order valence-electron chi connectivity index (χ1n) is 8.42. The maximum atomic E-state index is 12.5. The van der Waals surface area contributed by atoms with Gasteiger partial charge in [0.2, 0.25) is 0 Å². The lowest BCUT2D eigenvalue weighted by atomic mass is 10.1. The Kier molecular flexibility index (Phi) is 5.11. The van der Waals surface area contributed by atoms with Gasteiger partial charge in [-0.25, -0.2) is 4.68 Å². The Bertz CT molecular complexity index is 955. The second kappa shape index (κ2) is 7.68. The van der Waals surface area contributed by atoms with E-state index in [4.69, 9.17) is 27.9 Å². The number of fused-ring (bicyclic) bond motifs is 1. The Morgan fingerprint density at radius 3 is 2.48 bits per heavy atom. The Hall–Kier alpha value is -2.41. The minimum atomic E-state index is -0.278. The zero-order valence-electron chi connectivity index (χ0n) is 14.2. The van der Waals surface area contributed by atoms with Crippen LogP contribution in [0.25, 0.3) is 0 Å². The molecule has 0 saturated heterocycles. The number of benzene rings is 2. The molecule has 1 unspecified atom stereocenters. The second-order valence-electron chi connectivity index (χ2n) is 6.23. The van der Waals surface area contributed by atoms with Crippen LogP contribution in [-0.4, -0.2) is 20.9 Å². The van der Waals surface area contributed by atoms with Crippen LogP contribution in [0.3, 0.4) is 0 Å². The van der Waals surface area contributed by atoms with E-state index in [2.05, 4.69) is 15.6 Å². The molecule has 4 rings (SSSR count). The largest absolute Gasteiger partial charge is 0.365 e. The van der Waals surface area contributed by atoms with Crippen LogP contribution in [0.4, 0.5) is 0 Å². The highest BCUT2D eigenvalue weighted by Gasteiger charge is 2.27. The summed E-state index contributed by atoms with van der Waals surface area (Å²) in [4.78, 5) is 12.5. The van der Waals surface area contributed by atoms with Gasteiger partial charge in [-0.05, 0) is 35.4 Å². The molecule has 3 aromatic rings. The van der Waals surface area contributed by atoms with Gasteiger partial charge in [-0.2, -0.15) is 0 Å². The highest BCUT2D eigenvalue weighted by atomic mass is 35.5. The molecule has 0 spiro atoms. The zero-order valence-corrected chi connectivity index (χ0v) is 15.7. The summed E-state index contributed by atoms with van der Waals surface area (Å²) in [5.74, 6) is -0.278. The van der Waals surface area contributed by atoms with E-state index in [0.717, 1.165) is 11.1 Å². The lowest BCUT2D eigenvalue weighted by Gasteiger charge is -2.24. The van der Waals surface area contributed by atoms with Crippen molar-refractivity contribution < 1.29 is 9.53 Å². The van der Waals surface area contributed by atoms with Gasteiger partial charge in [-0.1, -0.05) is 52.7 Å². The van der Waals surface area contributed by atoms with E-state index in [1.807, 2.05) is 36.4 Å². The number of amides is 1. The first kappa shape index (κ1) is 18.0. The molecule has 1 aliphatic heterocycles. The van der Waals surface area contributed by atoms with Crippen LogP contribution in [0.15, 0.2) is 48.5 Å². The molecule has 1 N–H and O–H groups in total. The summed E-state index contributed by atoms with van der Waals surface area (Å²) < 4.78 is 7.64. The molecule has 2 heterocycles. The smallest absolute Gasteiger partial charge is 0.274 e. The van der Waals surface area contributed by atoms with Gasteiger partial charge in [0.15, 0.2) is 5.69 Å². The third-order valence-electron chi connectivity index (χ3n) is 4.42. The molecular formula is C19H16Cl2N4O2. The van der Waals surface area contributed by atoms with Crippen molar-refractivity contribution >= 4 is 29.1 Å². The molecule has 0 saturated carbocycles. The van der Waals surface area contributed by atoms with Crippen molar-refractivity contribution in [1.82, 2.24) is 20.3 Å². The standard InChI is InChI=1S/C19H16Cl2N4O2/c20-14-5-1-12(2-6-14)9-22-19(26)18-16-11-27-17(10-25(16)24-23-18)13-3-7-15(21)8-4-13/h1-8,17H,9-11H2,(H,22,26). The van der Waals surface area contributed by atoms with Crippen molar-refractivity contribution in [3.8, 4) is 0 Å². The fraction of sp³-hybridized carbons (Fsp3) is 0.211. The van der Waals surface area contributed by atoms with Crippen LogP contribution in [0.2, 0.25) is 10.0 Å². The summed E-state index contributed by atoms with van der Waals surface area (Å²) in [5, 5.41) is 12.4. The summed E-state index contributed by atoms with van der Waals surface area (Å²) in [7, 11) is 0. The van der Waals surface area contributed by atoms with Gasteiger partial charge in [0.25, 0.3) is 5.91 Å². The van der Waals surface area contributed by atoms with Crippen molar-refractivity contribution in [2.45, 2.75) is 25.8 Å². The van der Waals surface area contributed by atoms with Gasteiger partial charge in [0, 0.05) is 16.6 Å². The Morgan fingerprint density at radius 2 is 1.78 bits per heavy atom. The highest BCUT2D eigenvalue weighted by Crippen LogP contribution is 2.27. The number of carbonyl (C=O) groups is 1. The molecule has 138 valence electrons. The number of ether oxygens (including phenoxy) is 1. The van der Waals surface area contributed by atoms with Gasteiger partial charge >= 0.3 is 0 Å². The topological polar surface area (TPSA) is 69.0 Å². The summed E-state index contributed by atoms with van der Waals surface area (Å²) >= 11 is 11.8. The van der Waals surface area contributed by atoms with Crippen LogP contribution < -0.4 is 5.32 Å². The van der Waals surface area contributed by atoms with E-state index in [1.165, 1.54) is 0 Å². The number of halogens is 2.